The van der Waals surface area contributed by atoms with E-state index < -0.39 is 0 Å². The number of nitrogens with one attached hydrogen (secondary N) is 1. The maximum atomic E-state index is 3.58. The summed E-state index contributed by atoms with van der Waals surface area (Å²) in [5.41, 5.74) is 0. The molecular formula is C14H24N2S. The van der Waals surface area contributed by atoms with Crippen LogP contribution in [0.1, 0.15) is 31.6 Å². The van der Waals surface area contributed by atoms with Gasteiger partial charge in [0.25, 0.3) is 0 Å². The number of likely N-dealkylation sites (tertiary alicyclic amines) is 1. The molecule has 1 fully saturated rings. The van der Waals surface area contributed by atoms with Crippen LogP contribution in [0, 0.1) is 0 Å². The molecule has 0 spiro atoms. The van der Waals surface area contributed by atoms with Gasteiger partial charge in [0, 0.05) is 23.5 Å². The van der Waals surface area contributed by atoms with Crippen molar-refractivity contribution in [2.24, 2.45) is 0 Å². The van der Waals surface area contributed by atoms with E-state index in [-0.39, 0.29) is 0 Å². The van der Waals surface area contributed by atoms with Crippen molar-refractivity contribution in [3.8, 4) is 0 Å². The van der Waals surface area contributed by atoms with Gasteiger partial charge in [-0.1, -0.05) is 13.0 Å². The fraction of sp³-hybridized carbons (Fsp3) is 0.714. The summed E-state index contributed by atoms with van der Waals surface area (Å²) in [6.45, 7) is 8.16. The highest BCUT2D eigenvalue weighted by molar-refractivity contribution is 7.09. The molecule has 1 aliphatic rings. The van der Waals surface area contributed by atoms with E-state index in [0.717, 1.165) is 18.6 Å². The Morgan fingerprint density at radius 2 is 2.41 bits per heavy atom. The van der Waals surface area contributed by atoms with Crippen LogP contribution < -0.4 is 5.32 Å². The number of hydrogen-bond donors (Lipinski definition) is 1. The van der Waals surface area contributed by atoms with E-state index in [4.69, 9.17) is 0 Å². The summed E-state index contributed by atoms with van der Waals surface area (Å²) in [4.78, 5) is 4.17. The van der Waals surface area contributed by atoms with Crippen LogP contribution in [0.2, 0.25) is 0 Å². The minimum Gasteiger partial charge on any atom is -0.314 e. The standard InChI is InChI=1S/C14H24N2S/c1-3-15-13-6-8-16(12(2)11-13)9-7-14-5-4-10-17-14/h4-5,10,12-13,15H,3,6-9,11H2,1-2H3. The highest BCUT2D eigenvalue weighted by atomic mass is 32.1. The second-order valence-electron chi connectivity index (χ2n) is 4.99. The summed E-state index contributed by atoms with van der Waals surface area (Å²) in [7, 11) is 0. The van der Waals surface area contributed by atoms with E-state index in [1.165, 1.54) is 37.2 Å². The molecule has 0 aromatic carbocycles. The van der Waals surface area contributed by atoms with E-state index in [0.29, 0.717) is 0 Å². The third-order valence-electron chi connectivity index (χ3n) is 3.73. The monoisotopic (exact) mass is 252 g/mol. The molecule has 0 amide bonds. The smallest absolute Gasteiger partial charge is 0.00939 e. The first-order chi connectivity index (χ1) is 8.29. The van der Waals surface area contributed by atoms with Crippen LogP contribution in [0.15, 0.2) is 17.5 Å². The molecule has 1 aromatic heterocycles. The van der Waals surface area contributed by atoms with Gasteiger partial charge in [-0.25, -0.2) is 0 Å². The lowest BCUT2D eigenvalue weighted by atomic mass is 9.98. The van der Waals surface area contributed by atoms with Crippen LogP contribution in [0.3, 0.4) is 0 Å². The Hall–Kier alpha value is -0.380. The molecule has 1 aliphatic heterocycles. The molecule has 17 heavy (non-hydrogen) atoms. The van der Waals surface area contributed by atoms with Crippen molar-refractivity contribution in [2.75, 3.05) is 19.6 Å². The molecule has 2 atom stereocenters. The zero-order valence-corrected chi connectivity index (χ0v) is 11.8. The van der Waals surface area contributed by atoms with Gasteiger partial charge in [-0.2, -0.15) is 0 Å². The first kappa shape index (κ1) is 13.1. The van der Waals surface area contributed by atoms with Crippen molar-refractivity contribution in [2.45, 2.75) is 45.2 Å². The molecule has 0 radical (unpaired) electrons. The van der Waals surface area contributed by atoms with Gasteiger partial charge in [0.1, 0.15) is 0 Å². The molecular weight excluding hydrogens is 228 g/mol. The topological polar surface area (TPSA) is 15.3 Å². The Morgan fingerprint density at radius 1 is 1.53 bits per heavy atom. The molecule has 1 saturated heterocycles. The van der Waals surface area contributed by atoms with Gasteiger partial charge < -0.3 is 10.2 Å². The van der Waals surface area contributed by atoms with Crippen molar-refractivity contribution in [3.05, 3.63) is 22.4 Å². The van der Waals surface area contributed by atoms with Crippen molar-refractivity contribution >= 4 is 11.3 Å². The largest absolute Gasteiger partial charge is 0.314 e. The quantitative estimate of drug-likeness (QED) is 0.867. The average Bonchev–Trinajstić information content (AvgIpc) is 2.81. The molecule has 0 bridgehead atoms. The van der Waals surface area contributed by atoms with E-state index in [1.807, 2.05) is 11.3 Å². The summed E-state index contributed by atoms with van der Waals surface area (Å²) < 4.78 is 0. The molecule has 0 saturated carbocycles. The molecule has 2 heterocycles. The minimum atomic E-state index is 0.729. The van der Waals surface area contributed by atoms with Crippen LogP contribution in [-0.2, 0) is 6.42 Å². The van der Waals surface area contributed by atoms with Gasteiger partial charge in [-0.3, -0.25) is 0 Å². The highest BCUT2D eigenvalue weighted by Crippen LogP contribution is 2.18. The Kier molecular flexibility index (Phi) is 5.01. The molecule has 2 nitrogen and oxygen atoms in total. The van der Waals surface area contributed by atoms with Crippen LogP contribution in [0.5, 0.6) is 0 Å². The van der Waals surface area contributed by atoms with Crippen LogP contribution in [0.25, 0.3) is 0 Å². The lowest BCUT2D eigenvalue weighted by Gasteiger charge is -2.38. The Balaban J connectivity index is 1.75. The first-order valence-electron chi connectivity index (χ1n) is 6.79. The summed E-state index contributed by atoms with van der Waals surface area (Å²) >= 11 is 1.88. The second kappa shape index (κ2) is 6.53. The summed E-state index contributed by atoms with van der Waals surface area (Å²) in [6.07, 6.45) is 3.83. The number of rotatable bonds is 5. The number of thiophene rings is 1. The predicted octanol–water partition coefficient (Wildman–Crippen LogP) is 2.75. The maximum Gasteiger partial charge on any atom is 0.00939 e. The van der Waals surface area contributed by atoms with Gasteiger partial charge in [-0.05, 0) is 50.7 Å². The maximum absolute atomic E-state index is 3.58. The summed E-state index contributed by atoms with van der Waals surface area (Å²) in [6, 6.07) is 5.88. The Morgan fingerprint density at radius 3 is 3.06 bits per heavy atom. The Labute approximate surface area is 109 Å². The number of piperidine rings is 1. The zero-order valence-electron chi connectivity index (χ0n) is 11.0. The van der Waals surface area contributed by atoms with Crippen molar-refractivity contribution in [1.82, 2.24) is 10.2 Å². The van der Waals surface area contributed by atoms with Crippen LogP contribution >= 0.6 is 11.3 Å². The third-order valence-corrected chi connectivity index (χ3v) is 4.67. The molecule has 96 valence electrons. The molecule has 1 N–H and O–H groups in total. The fourth-order valence-corrected chi connectivity index (χ4v) is 3.43. The SMILES string of the molecule is CCNC1CCN(CCc2cccs2)C(C)C1. The third kappa shape index (κ3) is 3.80. The minimum absolute atomic E-state index is 0.729. The van der Waals surface area contributed by atoms with Crippen LogP contribution in [0.4, 0.5) is 0 Å². The summed E-state index contributed by atoms with van der Waals surface area (Å²) in [5.74, 6) is 0. The Bertz CT molecular complexity index is 310. The lowest BCUT2D eigenvalue weighted by Crippen LogP contribution is -2.47. The molecule has 1 aromatic rings. The summed E-state index contributed by atoms with van der Waals surface area (Å²) in [5, 5.41) is 5.76. The van der Waals surface area contributed by atoms with Gasteiger partial charge in [0.15, 0.2) is 0 Å². The van der Waals surface area contributed by atoms with Crippen molar-refractivity contribution in [3.63, 3.8) is 0 Å². The lowest BCUT2D eigenvalue weighted by molar-refractivity contribution is 0.138. The predicted molar refractivity (Wildman–Crippen MR) is 75.8 cm³/mol. The molecule has 2 rings (SSSR count). The number of hydrogen-bond acceptors (Lipinski definition) is 3. The van der Waals surface area contributed by atoms with Crippen molar-refractivity contribution in [1.29, 1.82) is 0 Å². The molecule has 3 heteroatoms. The van der Waals surface area contributed by atoms with Gasteiger partial charge in [0.05, 0.1) is 0 Å². The van der Waals surface area contributed by atoms with Gasteiger partial charge in [0.2, 0.25) is 0 Å². The van der Waals surface area contributed by atoms with Crippen molar-refractivity contribution < 1.29 is 0 Å². The van der Waals surface area contributed by atoms with E-state index in [2.05, 4.69) is 41.6 Å². The van der Waals surface area contributed by atoms with E-state index in [1.54, 1.807) is 0 Å². The highest BCUT2D eigenvalue weighted by Gasteiger charge is 2.24. The average molecular weight is 252 g/mol. The van der Waals surface area contributed by atoms with Gasteiger partial charge >= 0.3 is 0 Å². The second-order valence-corrected chi connectivity index (χ2v) is 6.03. The van der Waals surface area contributed by atoms with Gasteiger partial charge in [-0.15, -0.1) is 11.3 Å². The molecule has 2 unspecified atom stereocenters. The van der Waals surface area contributed by atoms with Crippen LogP contribution in [-0.4, -0.2) is 36.6 Å². The fourth-order valence-electron chi connectivity index (χ4n) is 2.74. The number of nitrogens with zero attached hydrogens (tertiary/aromatic N) is 1. The van der Waals surface area contributed by atoms with E-state index >= 15 is 0 Å². The normalized spacial score (nSPS) is 26.2. The first-order valence-corrected chi connectivity index (χ1v) is 7.67. The van der Waals surface area contributed by atoms with E-state index in [9.17, 15) is 0 Å². The zero-order chi connectivity index (χ0) is 12.1. The molecule has 0 aliphatic carbocycles.